The third-order valence-corrected chi connectivity index (χ3v) is 16.1. The zero-order chi connectivity index (χ0) is 51.3. The van der Waals surface area contributed by atoms with E-state index in [-0.39, 0.29) is 69.7 Å². The van der Waals surface area contributed by atoms with Crippen LogP contribution in [-0.2, 0) is 24.0 Å². The number of phenols is 2. The van der Waals surface area contributed by atoms with Crippen LogP contribution in [0.3, 0.4) is 0 Å². The maximum Gasteiger partial charge on any atom is 0.320 e. The quantitative estimate of drug-likeness (QED) is 0.0608. The van der Waals surface area contributed by atoms with Crippen molar-refractivity contribution in [3.8, 4) is 28.9 Å². The number of allylic oxidation sites excluding steroid dienone is 8. The van der Waals surface area contributed by atoms with Crippen molar-refractivity contribution in [2.24, 2.45) is 27.7 Å². The standard InChI is InChI=1S/C62H72N6O6/c1-5-8-17-38(6-2)35-73-61-65-57(63-59(67-61)55-50(69)24-15-25-51(55)70)49-34-43-32-40(30-31-44(43)47-22-13-14-23-48(47)49)37(4)28-29-39(7-3)36-74-62-66-58(64-60(68-62)56-52(71)26-16-27-53(56)72)54-45-20-11-9-18-41(45)33-42-19-10-12-21-46(42)54/h9,13-15,18,22-26,30-34,37-39,47-48,61,69-72H,5-8,10-12,16-17,19-21,27-29,35-36H2,1-4H3,(H,63,65,67). The summed E-state index contributed by atoms with van der Waals surface area (Å²) < 4.78 is 13.0. The molecule has 5 N–H and O–H groups in total. The number of unbranched alkanes of at least 4 members (excludes halogenated alkanes) is 1. The fourth-order valence-corrected chi connectivity index (χ4v) is 11.6. The van der Waals surface area contributed by atoms with Gasteiger partial charge in [0.15, 0.2) is 11.6 Å². The number of hydrogen-bond acceptors (Lipinski definition) is 12. The summed E-state index contributed by atoms with van der Waals surface area (Å²) in [6.45, 7) is 9.80. The number of fused-ring (bicyclic) bond motifs is 5. The van der Waals surface area contributed by atoms with Crippen molar-refractivity contribution in [1.29, 1.82) is 0 Å². The van der Waals surface area contributed by atoms with Crippen molar-refractivity contribution < 1.29 is 29.9 Å². The normalized spacial score (nSPS) is 20.9. The average Bonchev–Trinajstić information content (AvgIpc) is 3.41. The first-order valence-electron chi connectivity index (χ1n) is 27.4. The Morgan fingerprint density at radius 1 is 0.730 bits per heavy atom. The van der Waals surface area contributed by atoms with E-state index in [0.717, 1.165) is 100 Å². The lowest BCUT2D eigenvalue weighted by Gasteiger charge is -2.35. The van der Waals surface area contributed by atoms with Crippen molar-refractivity contribution in [2.45, 2.75) is 142 Å². The minimum absolute atomic E-state index is 0.0115. The number of aliphatic hydroxyl groups is 2. The number of aromatic hydroxyl groups is 2. The number of aromatic nitrogens is 3. The van der Waals surface area contributed by atoms with Crippen LogP contribution in [0, 0.1) is 17.8 Å². The van der Waals surface area contributed by atoms with Crippen LogP contribution < -0.4 is 10.1 Å². The van der Waals surface area contributed by atoms with Crippen LogP contribution in [0.25, 0.3) is 29.1 Å². The number of amidine groups is 2. The first kappa shape index (κ1) is 50.7. The van der Waals surface area contributed by atoms with E-state index in [1.807, 2.05) is 0 Å². The van der Waals surface area contributed by atoms with Crippen molar-refractivity contribution in [3.63, 3.8) is 0 Å². The Hall–Kier alpha value is -6.79. The van der Waals surface area contributed by atoms with E-state index in [0.29, 0.717) is 49.5 Å². The van der Waals surface area contributed by atoms with Gasteiger partial charge in [0, 0.05) is 29.4 Å². The topological polar surface area (TPSA) is 175 Å². The summed E-state index contributed by atoms with van der Waals surface area (Å²) in [6.07, 6.45) is 30.3. The van der Waals surface area contributed by atoms with E-state index in [1.165, 1.54) is 33.4 Å². The number of nitrogens with zero attached hydrogens (tertiary/aromatic N) is 5. The molecule has 6 aliphatic rings. The third kappa shape index (κ3) is 10.7. The summed E-state index contributed by atoms with van der Waals surface area (Å²) in [4.78, 5) is 24.8. The smallest absolute Gasteiger partial charge is 0.320 e. The van der Waals surface area contributed by atoms with E-state index in [2.05, 4.69) is 99.8 Å². The molecule has 5 aliphatic carbocycles. The number of ether oxygens (including phenoxy) is 2. The zero-order valence-electron chi connectivity index (χ0n) is 43.5. The number of nitrogens with one attached hydrogen (secondary N) is 1. The molecule has 1 aliphatic heterocycles. The summed E-state index contributed by atoms with van der Waals surface area (Å²) in [5.74, 6) is 2.46. The van der Waals surface area contributed by atoms with Gasteiger partial charge in [-0.1, -0.05) is 120 Å². The summed E-state index contributed by atoms with van der Waals surface area (Å²) >= 11 is 0. The second-order valence-corrected chi connectivity index (χ2v) is 21.0. The Balaban J connectivity index is 0.897. The number of aryl methyl sites for hydroxylation is 1. The second-order valence-electron chi connectivity index (χ2n) is 21.0. The van der Waals surface area contributed by atoms with Gasteiger partial charge in [-0.2, -0.15) is 9.97 Å². The lowest BCUT2D eigenvalue weighted by molar-refractivity contribution is 0.0354. The third-order valence-electron chi connectivity index (χ3n) is 16.1. The van der Waals surface area contributed by atoms with E-state index in [1.54, 1.807) is 24.3 Å². The number of benzene rings is 3. The highest BCUT2D eigenvalue weighted by atomic mass is 16.5. The highest BCUT2D eigenvalue weighted by Crippen LogP contribution is 2.45. The lowest BCUT2D eigenvalue weighted by atomic mass is 9.71. The fraction of sp³-hybridized carbons (Fsp3) is 0.435. The van der Waals surface area contributed by atoms with Crippen LogP contribution >= 0.6 is 0 Å². The molecule has 6 atom stereocenters. The summed E-state index contributed by atoms with van der Waals surface area (Å²) in [7, 11) is 0. The molecule has 4 aromatic rings. The molecule has 0 saturated heterocycles. The van der Waals surface area contributed by atoms with Gasteiger partial charge >= 0.3 is 6.01 Å². The van der Waals surface area contributed by atoms with Gasteiger partial charge in [0.2, 0.25) is 6.35 Å². The molecule has 0 radical (unpaired) electrons. The van der Waals surface area contributed by atoms with Crippen LogP contribution in [0.2, 0.25) is 0 Å². The van der Waals surface area contributed by atoms with Crippen molar-refractivity contribution in [2.75, 3.05) is 13.2 Å². The Morgan fingerprint density at radius 2 is 1.50 bits per heavy atom. The van der Waals surface area contributed by atoms with Gasteiger partial charge in [-0.15, -0.1) is 0 Å². The van der Waals surface area contributed by atoms with Crippen LogP contribution in [-0.4, -0.2) is 66.6 Å². The number of hydrogen-bond donors (Lipinski definition) is 5. The van der Waals surface area contributed by atoms with Crippen molar-refractivity contribution in [3.05, 3.63) is 146 Å². The largest absolute Gasteiger partial charge is 0.511 e. The number of rotatable bonds is 19. The molecule has 0 fully saturated rings. The second kappa shape index (κ2) is 22.8. The molecule has 0 spiro atoms. The van der Waals surface area contributed by atoms with E-state index < -0.39 is 6.35 Å². The Kier molecular flexibility index (Phi) is 15.6. The van der Waals surface area contributed by atoms with Gasteiger partial charge in [-0.25, -0.2) is 15.0 Å². The minimum atomic E-state index is -0.860. The van der Waals surface area contributed by atoms with Gasteiger partial charge in [0.1, 0.15) is 40.3 Å². The molecular weight excluding hydrogens is 925 g/mol. The van der Waals surface area contributed by atoms with Gasteiger partial charge in [-0.05, 0) is 145 Å². The maximum absolute atomic E-state index is 11.1. The molecule has 0 saturated carbocycles. The van der Waals surface area contributed by atoms with Gasteiger partial charge in [0.25, 0.3) is 0 Å². The van der Waals surface area contributed by atoms with E-state index in [9.17, 15) is 20.4 Å². The lowest BCUT2D eigenvalue weighted by Crippen LogP contribution is -2.41. The molecule has 12 nitrogen and oxygen atoms in total. The van der Waals surface area contributed by atoms with Gasteiger partial charge in [-0.3, -0.25) is 0 Å². The van der Waals surface area contributed by atoms with Gasteiger partial charge in [0.05, 0.1) is 18.8 Å². The molecule has 6 unspecified atom stereocenters. The predicted octanol–water partition coefficient (Wildman–Crippen LogP) is 13.5. The monoisotopic (exact) mass is 997 g/mol. The van der Waals surface area contributed by atoms with Crippen LogP contribution in [0.4, 0.5) is 0 Å². The van der Waals surface area contributed by atoms with E-state index in [4.69, 9.17) is 34.4 Å². The first-order chi connectivity index (χ1) is 36.1. The number of phenolic OH excluding ortho intramolecular Hbond substituents is 2. The molecule has 10 rings (SSSR count). The number of aliphatic imine (C=N–C) groups is 2. The molecule has 0 amide bonds. The van der Waals surface area contributed by atoms with Crippen LogP contribution in [0.1, 0.15) is 167 Å². The minimum Gasteiger partial charge on any atom is -0.511 e. The zero-order valence-corrected chi connectivity index (χ0v) is 43.5. The summed E-state index contributed by atoms with van der Waals surface area (Å²) in [5, 5.41) is 47.6. The summed E-state index contributed by atoms with van der Waals surface area (Å²) in [5.41, 5.74) is 11.2. The Morgan fingerprint density at radius 3 is 2.30 bits per heavy atom. The highest BCUT2D eigenvalue weighted by Gasteiger charge is 2.36. The highest BCUT2D eigenvalue weighted by molar-refractivity contribution is 6.19. The molecule has 2 heterocycles. The Bertz CT molecular complexity index is 3000. The molecule has 3 aromatic carbocycles. The first-order valence-corrected chi connectivity index (χ1v) is 27.4. The molecule has 1 aromatic heterocycles. The summed E-state index contributed by atoms with van der Waals surface area (Å²) in [6, 6.07) is 14.1. The molecule has 12 heteroatoms. The molecule has 0 bridgehead atoms. The fourth-order valence-electron chi connectivity index (χ4n) is 11.6. The predicted molar refractivity (Wildman–Crippen MR) is 295 cm³/mol. The number of aliphatic hydroxyl groups excluding tert-OH is 2. The maximum atomic E-state index is 11.1. The van der Waals surface area contributed by atoms with Crippen molar-refractivity contribution >= 4 is 29.4 Å². The van der Waals surface area contributed by atoms with Crippen LogP contribution in [0.15, 0.2) is 106 Å². The van der Waals surface area contributed by atoms with Gasteiger partial charge < -0.3 is 35.2 Å². The molecule has 74 heavy (non-hydrogen) atoms. The Labute approximate surface area is 436 Å². The van der Waals surface area contributed by atoms with Crippen LogP contribution in [0.5, 0.6) is 17.5 Å². The SMILES string of the molecule is CCCCC(CC)COC1N=C(C2=Cc3cc(C(C)CCC(CC)COc4nc(C5=C(O)CCC=C5O)nc(-c5c6c(cc7c5CCCC7)C=CCC6)n4)ccc3C3C=CC=CC23)NC(c2c(O)cccc2O)=N1. The molecule has 386 valence electrons. The molecular formula is C62H72N6O6. The van der Waals surface area contributed by atoms with E-state index >= 15 is 0 Å². The van der Waals surface area contributed by atoms with Crippen molar-refractivity contribution in [1.82, 2.24) is 20.3 Å². The average molecular weight is 997 g/mol.